The molecule has 0 N–H and O–H groups in total. The summed E-state index contributed by atoms with van der Waals surface area (Å²) in [5.74, 6) is 1.01. The standard InChI is InChI=1S/C23H32N2O3/c1-28-20-14-12-17(13-15-20)22-23(27)24(18-8-4-2-5-9-18)16-21(26)25(22)19-10-6-3-7-11-19/h12-15,18-19,22H,2-11,16H2,1H3/t22-/m0/s1. The minimum Gasteiger partial charge on any atom is -0.497 e. The van der Waals surface area contributed by atoms with Crippen molar-refractivity contribution in [3.8, 4) is 5.75 Å². The molecule has 0 unspecified atom stereocenters. The van der Waals surface area contributed by atoms with Crippen LogP contribution >= 0.6 is 0 Å². The molecule has 0 aromatic heterocycles. The predicted octanol–water partition coefficient (Wildman–Crippen LogP) is 4.07. The van der Waals surface area contributed by atoms with E-state index < -0.39 is 6.04 Å². The molecule has 0 bridgehead atoms. The number of hydrogen-bond donors (Lipinski definition) is 0. The van der Waals surface area contributed by atoms with Crippen LogP contribution in [0.25, 0.3) is 0 Å². The van der Waals surface area contributed by atoms with Gasteiger partial charge in [-0.1, -0.05) is 50.7 Å². The highest BCUT2D eigenvalue weighted by Gasteiger charge is 2.45. The molecule has 3 aliphatic rings. The number of amides is 2. The van der Waals surface area contributed by atoms with Gasteiger partial charge < -0.3 is 14.5 Å². The van der Waals surface area contributed by atoms with Gasteiger partial charge in [0.1, 0.15) is 18.3 Å². The van der Waals surface area contributed by atoms with E-state index in [1.165, 1.54) is 12.8 Å². The highest BCUT2D eigenvalue weighted by Crippen LogP contribution is 2.37. The molecule has 1 atom stereocenters. The molecule has 2 amide bonds. The number of benzene rings is 1. The summed E-state index contributed by atoms with van der Waals surface area (Å²) >= 11 is 0. The van der Waals surface area contributed by atoms with Gasteiger partial charge in [-0.25, -0.2) is 0 Å². The lowest BCUT2D eigenvalue weighted by molar-refractivity contribution is -0.162. The topological polar surface area (TPSA) is 49.9 Å². The minimum absolute atomic E-state index is 0.113. The molecule has 28 heavy (non-hydrogen) atoms. The first kappa shape index (κ1) is 19.3. The summed E-state index contributed by atoms with van der Waals surface area (Å²) in [7, 11) is 1.64. The Kier molecular flexibility index (Phi) is 5.88. The molecule has 1 heterocycles. The van der Waals surface area contributed by atoms with Crippen LogP contribution in [-0.2, 0) is 9.59 Å². The number of nitrogens with zero attached hydrogens (tertiary/aromatic N) is 2. The normalized spacial score (nSPS) is 25.2. The third-order valence-corrected chi connectivity index (χ3v) is 6.80. The van der Waals surface area contributed by atoms with Crippen molar-refractivity contribution >= 4 is 11.8 Å². The van der Waals surface area contributed by atoms with Crippen LogP contribution in [0.15, 0.2) is 24.3 Å². The molecule has 2 aliphatic carbocycles. The zero-order valence-electron chi connectivity index (χ0n) is 16.9. The van der Waals surface area contributed by atoms with Crippen molar-refractivity contribution in [1.29, 1.82) is 0 Å². The van der Waals surface area contributed by atoms with Crippen LogP contribution in [0.5, 0.6) is 5.75 Å². The molecular formula is C23H32N2O3. The Morgan fingerprint density at radius 1 is 0.821 bits per heavy atom. The van der Waals surface area contributed by atoms with Crippen LogP contribution < -0.4 is 4.74 Å². The summed E-state index contributed by atoms with van der Waals surface area (Å²) in [6.45, 7) is 0.257. The van der Waals surface area contributed by atoms with Gasteiger partial charge in [0, 0.05) is 12.1 Å². The largest absolute Gasteiger partial charge is 0.497 e. The molecule has 1 saturated heterocycles. The highest BCUT2D eigenvalue weighted by molar-refractivity contribution is 5.96. The van der Waals surface area contributed by atoms with Crippen LogP contribution in [0.4, 0.5) is 0 Å². The molecule has 4 rings (SSSR count). The number of carbonyl (C=O) groups is 2. The number of methoxy groups -OCH3 is 1. The SMILES string of the molecule is COc1ccc([C@H]2C(=O)N(C3CCCCC3)CC(=O)N2C2CCCCC2)cc1. The molecule has 0 radical (unpaired) electrons. The summed E-state index contributed by atoms with van der Waals surface area (Å²) < 4.78 is 5.29. The number of rotatable bonds is 4. The van der Waals surface area contributed by atoms with Crippen LogP contribution in [-0.4, -0.2) is 47.4 Å². The first-order valence-corrected chi connectivity index (χ1v) is 10.9. The lowest BCUT2D eigenvalue weighted by atomic mass is 9.88. The van der Waals surface area contributed by atoms with Gasteiger partial charge >= 0.3 is 0 Å². The highest BCUT2D eigenvalue weighted by atomic mass is 16.5. The molecule has 2 saturated carbocycles. The van der Waals surface area contributed by atoms with Gasteiger partial charge in [0.2, 0.25) is 5.91 Å². The van der Waals surface area contributed by atoms with Gasteiger partial charge in [-0.05, 0) is 43.4 Å². The lowest BCUT2D eigenvalue weighted by Crippen LogP contribution is -2.61. The molecule has 5 nitrogen and oxygen atoms in total. The van der Waals surface area contributed by atoms with E-state index in [2.05, 4.69) is 0 Å². The molecule has 1 aliphatic heterocycles. The van der Waals surface area contributed by atoms with E-state index in [9.17, 15) is 9.59 Å². The van der Waals surface area contributed by atoms with Crippen molar-refractivity contribution in [2.75, 3.05) is 13.7 Å². The number of carbonyl (C=O) groups excluding carboxylic acids is 2. The van der Waals surface area contributed by atoms with Gasteiger partial charge in [0.25, 0.3) is 5.91 Å². The number of ether oxygens (including phenoxy) is 1. The Morgan fingerprint density at radius 3 is 1.96 bits per heavy atom. The third kappa shape index (κ3) is 3.76. The Bertz CT molecular complexity index is 690. The van der Waals surface area contributed by atoms with Crippen LogP contribution in [0, 0.1) is 0 Å². The van der Waals surface area contributed by atoms with Crippen LogP contribution in [0.2, 0.25) is 0 Å². The maximum Gasteiger partial charge on any atom is 0.250 e. The first-order chi connectivity index (χ1) is 13.7. The van der Waals surface area contributed by atoms with E-state index in [-0.39, 0.29) is 30.4 Å². The number of hydrogen-bond acceptors (Lipinski definition) is 3. The monoisotopic (exact) mass is 384 g/mol. The second-order valence-electron chi connectivity index (χ2n) is 8.53. The smallest absolute Gasteiger partial charge is 0.250 e. The lowest BCUT2D eigenvalue weighted by Gasteiger charge is -2.48. The van der Waals surface area contributed by atoms with E-state index in [0.29, 0.717) is 0 Å². The predicted molar refractivity (Wildman–Crippen MR) is 108 cm³/mol. The van der Waals surface area contributed by atoms with Gasteiger partial charge in [-0.2, -0.15) is 0 Å². The van der Waals surface area contributed by atoms with Crippen molar-refractivity contribution in [3.05, 3.63) is 29.8 Å². The van der Waals surface area contributed by atoms with Crippen molar-refractivity contribution < 1.29 is 14.3 Å². The third-order valence-electron chi connectivity index (χ3n) is 6.80. The van der Waals surface area contributed by atoms with E-state index in [1.807, 2.05) is 34.1 Å². The fraction of sp³-hybridized carbons (Fsp3) is 0.652. The maximum absolute atomic E-state index is 13.7. The fourth-order valence-electron chi connectivity index (χ4n) is 5.29. The summed E-state index contributed by atoms with van der Waals surface area (Å²) in [4.78, 5) is 30.8. The van der Waals surface area contributed by atoms with Crippen molar-refractivity contribution in [2.24, 2.45) is 0 Å². The summed E-state index contributed by atoms with van der Waals surface area (Å²) in [5.41, 5.74) is 0.908. The van der Waals surface area contributed by atoms with Crippen molar-refractivity contribution in [3.63, 3.8) is 0 Å². The van der Waals surface area contributed by atoms with E-state index in [0.717, 1.165) is 62.7 Å². The molecule has 152 valence electrons. The molecule has 5 heteroatoms. The summed E-state index contributed by atoms with van der Waals surface area (Å²) in [5, 5.41) is 0. The van der Waals surface area contributed by atoms with E-state index in [1.54, 1.807) is 7.11 Å². The minimum atomic E-state index is -0.489. The van der Waals surface area contributed by atoms with Crippen molar-refractivity contribution in [2.45, 2.75) is 82.3 Å². The fourth-order valence-corrected chi connectivity index (χ4v) is 5.29. The zero-order valence-corrected chi connectivity index (χ0v) is 16.9. The van der Waals surface area contributed by atoms with Crippen LogP contribution in [0.1, 0.15) is 75.8 Å². The average Bonchev–Trinajstić information content (AvgIpc) is 2.76. The molecule has 1 aromatic carbocycles. The molecule has 1 aromatic rings. The Morgan fingerprint density at radius 2 is 1.39 bits per heavy atom. The quantitative estimate of drug-likeness (QED) is 0.786. The van der Waals surface area contributed by atoms with E-state index in [4.69, 9.17) is 4.74 Å². The molecule has 3 fully saturated rings. The Balaban J connectivity index is 1.66. The van der Waals surface area contributed by atoms with E-state index >= 15 is 0 Å². The van der Waals surface area contributed by atoms with Gasteiger partial charge in [0.15, 0.2) is 0 Å². The van der Waals surface area contributed by atoms with Crippen molar-refractivity contribution in [1.82, 2.24) is 9.80 Å². The molecular weight excluding hydrogens is 352 g/mol. The second kappa shape index (κ2) is 8.54. The number of piperazine rings is 1. The van der Waals surface area contributed by atoms with Gasteiger partial charge in [0.05, 0.1) is 7.11 Å². The molecule has 0 spiro atoms. The Hall–Kier alpha value is -2.04. The first-order valence-electron chi connectivity index (χ1n) is 10.9. The Labute approximate surface area is 168 Å². The van der Waals surface area contributed by atoms with Crippen LogP contribution in [0.3, 0.4) is 0 Å². The van der Waals surface area contributed by atoms with Gasteiger partial charge in [-0.3, -0.25) is 9.59 Å². The second-order valence-corrected chi connectivity index (χ2v) is 8.53. The average molecular weight is 385 g/mol. The zero-order chi connectivity index (χ0) is 19.5. The summed E-state index contributed by atoms with van der Waals surface area (Å²) in [6, 6.07) is 7.61. The maximum atomic E-state index is 13.7. The summed E-state index contributed by atoms with van der Waals surface area (Å²) in [6.07, 6.45) is 11.1. The van der Waals surface area contributed by atoms with Gasteiger partial charge in [-0.15, -0.1) is 0 Å².